The predicted octanol–water partition coefficient (Wildman–Crippen LogP) is 3.88. The van der Waals surface area contributed by atoms with E-state index in [0.717, 1.165) is 24.5 Å². The van der Waals surface area contributed by atoms with Gasteiger partial charge in [0.2, 0.25) is 21.8 Å². The van der Waals surface area contributed by atoms with E-state index in [9.17, 15) is 30.8 Å². The number of terminal acetylenes is 1. The van der Waals surface area contributed by atoms with Gasteiger partial charge in [0.15, 0.2) is 0 Å². The molecule has 0 radical (unpaired) electrons. The quantitative estimate of drug-likeness (QED) is 0.300. The van der Waals surface area contributed by atoms with Crippen molar-refractivity contribution in [1.82, 2.24) is 4.98 Å². The summed E-state index contributed by atoms with van der Waals surface area (Å²) in [5.41, 5.74) is 3.85. The van der Waals surface area contributed by atoms with Crippen molar-refractivity contribution >= 4 is 27.7 Å². The molecule has 35 heavy (non-hydrogen) atoms. The first kappa shape index (κ1) is 27.7. The monoisotopic (exact) mass is 513 g/mol. The SMILES string of the molecule is C#Cc1cc(CC(=Cc2ccc(C(F)(F)F)nc2OC(C)CC)C(N)=O)cc(F)c1NS(C)(=O)=O. The molecule has 1 aromatic heterocycles. The van der Waals surface area contributed by atoms with Crippen LogP contribution in [0.25, 0.3) is 6.08 Å². The number of aromatic nitrogens is 1. The van der Waals surface area contributed by atoms with Gasteiger partial charge < -0.3 is 10.5 Å². The lowest BCUT2D eigenvalue weighted by Crippen LogP contribution is -2.17. The number of nitrogens with one attached hydrogen (secondary N) is 1. The molecule has 7 nitrogen and oxygen atoms in total. The third-order valence-corrected chi connectivity index (χ3v) is 5.28. The maximum absolute atomic E-state index is 14.6. The fraction of sp³-hybridized carbons (Fsp3) is 0.304. The van der Waals surface area contributed by atoms with Gasteiger partial charge in [0.1, 0.15) is 11.5 Å². The summed E-state index contributed by atoms with van der Waals surface area (Å²) in [6.45, 7) is 3.41. The van der Waals surface area contributed by atoms with Gasteiger partial charge in [0.05, 0.1) is 23.6 Å². The number of carbonyl (C=O) groups excluding carboxylic acids is 1. The lowest BCUT2D eigenvalue weighted by Gasteiger charge is -2.16. The Labute approximate surface area is 200 Å². The van der Waals surface area contributed by atoms with Gasteiger partial charge in [0, 0.05) is 17.6 Å². The lowest BCUT2D eigenvalue weighted by molar-refractivity contribution is -0.141. The van der Waals surface area contributed by atoms with Crippen LogP contribution in [0.5, 0.6) is 5.88 Å². The van der Waals surface area contributed by atoms with Gasteiger partial charge in [-0.1, -0.05) is 12.8 Å². The van der Waals surface area contributed by atoms with Crippen LogP contribution in [0.3, 0.4) is 0 Å². The molecule has 0 aliphatic carbocycles. The molecular weight excluding hydrogens is 490 g/mol. The van der Waals surface area contributed by atoms with Gasteiger partial charge in [-0.2, -0.15) is 13.2 Å². The summed E-state index contributed by atoms with van der Waals surface area (Å²) in [6, 6.07) is 4.07. The van der Waals surface area contributed by atoms with Gasteiger partial charge in [-0.3, -0.25) is 9.52 Å². The number of pyridine rings is 1. The second-order valence-electron chi connectivity index (χ2n) is 7.65. The van der Waals surface area contributed by atoms with E-state index < -0.39 is 45.4 Å². The van der Waals surface area contributed by atoms with Gasteiger partial charge >= 0.3 is 6.18 Å². The number of halogens is 4. The number of nitrogens with two attached hydrogens (primary N) is 1. The number of ether oxygens (including phenoxy) is 1. The molecule has 0 aliphatic heterocycles. The van der Waals surface area contributed by atoms with Gasteiger partial charge in [0.25, 0.3) is 0 Å². The number of amides is 1. The molecule has 0 bridgehead atoms. The minimum Gasteiger partial charge on any atom is -0.474 e. The standard InChI is InChI=1S/C23H23F4N3O4S/c1-5-13(3)34-22-16(7-8-19(29-22)23(25,26)27)12-17(21(28)31)10-14-9-15(6-2)20(18(24)11-14)30-35(4,32)33/h2,7-9,11-13,30H,5,10H2,1,3-4H3,(H2,28,31). The molecule has 1 heterocycles. The first-order valence-corrected chi connectivity index (χ1v) is 12.1. The molecule has 1 unspecified atom stereocenters. The highest BCUT2D eigenvalue weighted by Gasteiger charge is 2.33. The molecule has 12 heteroatoms. The summed E-state index contributed by atoms with van der Waals surface area (Å²) in [5.74, 6) is -0.0956. The largest absolute Gasteiger partial charge is 0.474 e. The molecule has 0 saturated heterocycles. The number of benzene rings is 1. The van der Waals surface area contributed by atoms with Crippen LogP contribution < -0.4 is 15.2 Å². The minimum atomic E-state index is -4.72. The summed E-state index contributed by atoms with van der Waals surface area (Å²) in [5, 5.41) is 0. The first-order chi connectivity index (χ1) is 16.1. The Morgan fingerprint density at radius 2 is 2.00 bits per heavy atom. The van der Waals surface area contributed by atoms with Crippen LogP contribution in [-0.2, 0) is 27.4 Å². The second-order valence-corrected chi connectivity index (χ2v) is 9.40. The van der Waals surface area contributed by atoms with Crippen molar-refractivity contribution in [2.75, 3.05) is 11.0 Å². The molecule has 0 aliphatic rings. The summed E-state index contributed by atoms with van der Waals surface area (Å²) < 4.78 is 84.5. The van der Waals surface area contributed by atoms with Gasteiger partial charge in [-0.05, 0) is 49.2 Å². The molecule has 2 rings (SSSR count). The average Bonchev–Trinajstić information content (AvgIpc) is 2.74. The third-order valence-electron chi connectivity index (χ3n) is 4.70. The van der Waals surface area contributed by atoms with Crippen molar-refractivity contribution in [3.8, 4) is 18.2 Å². The van der Waals surface area contributed by atoms with Crippen LogP contribution in [0, 0.1) is 18.2 Å². The van der Waals surface area contributed by atoms with E-state index in [1.807, 2.05) is 4.72 Å². The van der Waals surface area contributed by atoms with Crippen LogP contribution in [0.15, 0.2) is 29.8 Å². The fourth-order valence-corrected chi connectivity index (χ4v) is 3.45. The Kier molecular flexibility index (Phi) is 8.51. The Morgan fingerprint density at radius 3 is 2.51 bits per heavy atom. The highest BCUT2D eigenvalue weighted by Crippen LogP contribution is 2.32. The highest BCUT2D eigenvalue weighted by molar-refractivity contribution is 7.92. The van der Waals surface area contributed by atoms with E-state index in [-0.39, 0.29) is 34.6 Å². The number of primary amides is 1. The van der Waals surface area contributed by atoms with E-state index in [1.54, 1.807) is 13.8 Å². The molecule has 2 aromatic rings. The zero-order valence-electron chi connectivity index (χ0n) is 19.0. The smallest absolute Gasteiger partial charge is 0.433 e. The van der Waals surface area contributed by atoms with Crippen LogP contribution in [0.1, 0.15) is 42.7 Å². The Morgan fingerprint density at radius 1 is 1.34 bits per heavy atom. The fourth-order valence-electron chi connectivity index (χ4n) is 2.87. The van der Waals surface area contributed by atoms with E-state index in [2.05, 4.69) is 10.9 Å². The lowest BCUT2D eigenvalue weighted by atomic mass is 9.99. The molecule has 188 valence electrons. The number of sulfonamides is 1. The van der Waals surface area contributed by atoms with Crippen LogP contribution >= 0.6 is 0 Å². The second kappa shape index (κ2) is 10.8. The number of hydrogen-bond acceptors (Lipinski definition) is 5. The van der Waals surface area contributed by atoms with E-state index in [0.29, 0.717) is 6.42 Å². The topological polar surface area (TPSA) is 111 Å². The van der Waals surface area contributed by atoms with Crippen molar-refractivity contribution in [1.29, 1.82) is 0 Å². The summed E-state index contributed by atoms with van der Waals surface area (Å²) in [7, 11) is -3.83. The molecule has 1 atom stereocenters. The van der Waals surface area contributed by atoms with E-state index in [1.165, 1.54) is 12.1 Å². The average molecular weight is 514 g/mol. The number of hydrogen-bond donors (Lipinski definition) is 2. The number of alkyl halides is 3. The third kappa shape index (κ3) is 7.71. The van der Waals surface area contributed by atoms with E-state index in [4.69, 9.17) is 16.9 Å². The van der Waals surface area contributed by atoms with Gasteiger partial charge in [-0.25, -0.2) is 17.8 Å². The molecule has 0 saturated carbocycles. The molecule has 0 fully saturated rings. The number of anilines is 1. The van der Waals surface area contributed by atoms with Crippen LogP contribution in [-0.4, -0.2) is 31.7 Å². The highest BCUT2D eigenvalue weighted by atomic mass is 32.2. The van der Waals surface area contributed by atoms with Crippen LogP contribution in [0.2, 0.25) is 0 Å². The zero-order chi connectivity index (χ0) is 26.6. The summed E-state index contributed by atoms with van der Waals surface area (Å²) in [6.07, 6.45) is 2.43. The Hall–Kier alpha value is -3.59. The predicted molar refractivity (Wildman–Crippen MR) is 123 cm³/mol. The normalized spacial score (nSPS) is 13.1. The van der Waals surface area contributed by atoms with Crippen molar-refractivity contribution in [2.45, 2.75) is 39.0 Å². The molecule has 3 N–H and O–H groups in total. The summed E-state index contributed by atoms with van der Waals surface area (Å²) >= 11 is 0. The molecule has 1 amide bonds. The number of nitrogens with zero attached hydrogens (tertiary/aromatic N) is 1. The Balaban J connectivity index is 2.55. The molecular formula is C23H23F4N3O4S. The summed E-state index contributed by atoms with van der Waals surface area (Å²) in [4.78, 5) is 15.6. The first-order valence-electron chi connectivity index (χ1n) is 10.2. The molecule has 1 aromatic carbocycles. The van der Waals surface area contributed by atoms with Crippen LogP contribution in [0.4, 0.5) is 23.2 Å². The maximum atomic E-state index is 14.6. The zero-order valence-corrected chi connectivity index (χ0v) is 19.8. The van der Waals surface area contributed by atoms with Crippen molar-refractivity contribution in [2.24, 2.45) is 5.73 Å². The number of carbonyl (C=O) groups is 1. The number of rotatable bonds is 9. The minimum absolute atomic E-state index is 0.0557. The maximum Gasteiger partial charge on any atom is 0.433 e. The van der Waals surface area contributed by atoms with Crippen molar-refractivity contribution in [3.05, 3.63) is 58.0 Å². The Bertz CT molecular complexity index is 1300. The van der Waals surface area contributed by atoms with Gasteiger partial charge in [-0.15, -0.1) is 6.42 Å². The molecule has 0 spiro atoms. The van der Waals surface area contributed by atoms with Crippen molar-refractivity contribution in [3.63, 3.8) is 0 Å². The van der Waals surface area contributed by atoms with E-state index >= 15 is 0 Å². The van der Waals surface area contributed by atoms with Crippen molar-refractivity contribution < 1.29 is 35.5 Å².